The zero-order chi connectivity index (χ0) is 45.8. The minimum absolute atomic E-state index is 0.0375. The molecule has 0 spiro atoms. The summed E-state index contributed by atoms with van der Waals surface area (Å²) in [5.41, 5.74) is 0.125. The van der Waals surface area contributed by atoms with Crippen LogP contribution in [0.1, 0.15) is 98.8 Å². The van der Waals surface area contributed by atoms with Gasteiger partial charge in [-0.1, -0.05) is 51.5 Å². The van der Waals surface area contributed by atoms with Gasteiger partial charge in [0.1, 0.15) is 61.0 Å². The third-order valence-electron chi connectivity index (χ3n) is 18.3. The van der Waals surface area contributed by atoms with Gasteiger partial charge >= 0.3 is 5.97 Å². The first-order chi connectivity index (χ1) is 29.6. The smallest absolute Gasteiger partial charge is 0.310 e. The van der Waals surface area contributed by atoms with Crippen LogP contribution in [0.25, 0.3) is 0 Å². The number of aliphatic hydroxyl groups excluding tert-OH is 8. The molecule has 3 saturated heterocycles. The fourth-order valence-electron chi connectivity index (χ4n) is 14.3. The minimum Gasteiger partial charge on any atom is -0.481 e. The van der Waals surface area contributed by atoms with Crippen molar-refractivity contribution in [2.75, 3.05) is 19.8 Å². The highest BCUT2D eigenvalue weighted by Crippen LogP contribution is 2.75. The summed E-state index contributed by atoms with van der Waals surface area (Å²) < 4.78 is 36.5. The van der Waals surface area contributed by atoms with Crippen LogP contribution in [0.15, 0.2) is 23.8 Å². The monoisotopic (exact) mass is 894 g/mol. The number of ketones is 1. The molecule has 17 nitrogen and oxygen atoms in total. The summed E-state index contributed by atoms with van der Waals surface area (Å²) in [7, 11) is 0. The molecule has 17 heteroatoms. The Balaban J connectivity index is 1.08. The van der Waals surface area contributed by atoms with Gasteiger partial charge in [-0.15, -0.1) is 0 Å². The van der Waals surface area contributed by atoms with Gasteiger partial charge in [0.25, 0.3) is 0 Å². The Morgan fingerprint density at radius 2 is 1.43 bits per heavy atom. The normalized spacial score (nSPS) is 53.6. The number of aliphatic hydroxyl groups is 8. The van der Waals surface area contributed by atoms with Crippen LogP contribution in [0.3, 0.4) is 0 Å². The lowest BCUT2D eigenvalue weighted by atomic mass is 9.34. The topological polar surface area (TPSA) is 272 Å². The Bertz CT molecular complexity index is 1790. The van der Waals surface area contributed by atoms with Crippen molar-refractivity contribution in [1.29, 1.82) is 0 Å². The van der Waals surface area contributed by atoms with Crippen LogP contribution in [0.5, 0.6) is 0 Å². The molecule has 3 heterocycles. The average Bonchev–Trinajstić information content (AvgIpc) is 3.23. The van der Waals surface area contributed by atoms with Gasteiger partial charge in [0.15, 0.2) is 24.7 Å². The first-order valence-electron chi connectivity index (χ1n) is 22.9. The van der Waals surface area contributed by atoms with Crippen molar-refractivity contribution in [3.63, 3.8) is 0 Å². The van der Waals surface area contributed by atoms with Gasteiger partial charge < -0.3 is 74.4 Å². The number of ether oxygens (including phenoxy) is 6. The maximum Gasteiger partial charge on any atom is 0.310 e. The standard InChI is InChI=1S/C46H70O17/c1-21-9-14-46(41(56)57)16-15-44(5)23(24(46)17-21)7-8-28-42(3)12-11-29(43(4,20-47)27(42)10-13-45(28,44)6)60-40-37(63-38-33(54)30(51)25(49)18-58-38)36(26(50)19-59-40)62-39-34(55)31(52)32(53)35(61-39)22(2)48/h7,24-40,47,49-55H,1,8-20H2,2-6H3,(H,56,57). The number of aliphatic carboxylic acids is 1. The number of hydrogen-bond acceptors (Lipinski definition) is 16. The van der Waals surface area contributed by atoms with E-state index in [-0.39, 0.29) is 47.2 Å². The molecule has 4 saturated carbocycles. The number of hydrogen-bond donors (Lipinski definition) is 9. The lowest BCUT2D eigenvalue weighted by Crippen LogP contribution is -2.67. The molecule has 7 fully saturated rings. The van der Waals surface area contributed by atoms with Crippen LogP contribution in [-0.2, 0) is 38.0 Å². The fourth-order valence-corrected chi connectivity index (χ4v) is 14.3. The number of Topliss-reactive ketones (excluding diaryl/α,β-unsaturated/α-hetero) is 1. The van der Waals surface area contributed by atoms with Gasteiger partial charge in [0, 0.05) is 11.3 Å². The van der Waals surface area contributed by atoms with Gasteiger partial charge in [0.05, 0.1) is 31.3 Å². The van der Waals surface area contributed by atoms with Gasteiger partial charge in [0.2, 0.25) is 0 Å². The highest BCUT2D eigenvalue weighted by Gasteiger charge is 2.70. The number of carbonyl (C=O) groups is 2. The highest BCUT2D eigenvalue weighted by molar-refractivity contribution is 5.81. The van der Waals surface area contributed by atoms with Gasteiger partial charge in [-0.25, -0.2) is 0 Å². The summed E-state index contributed by atoms with van der Waals surface area (Å²) in [5.74, 6) is -1.27. The van der Waals surface area contributed by atoms with E-state index in [4.69, 9.17) is 28.4 Å². The number of rotatable bonds is 9. The number of carbonyl (C=O) groups excluding carboxylic acids is 1. The lowest BCUT2D eigenvalue weighted by Gasteiger charge is -2.71. The minimum atomic E-state index is -1.88. The quantitative estimate of drug-likeness (QED) is 0.116. The predicted octanol–water partition coefficient (Wildman–Crippen LogP) is 1.08. The molecule has 0 aromatic heterocycles. The maximum atomic E-state index is 13.0. The first kappa shape index (κ1) is 47.5. The Labute approximate surface area is 368 Å². The molecule has 9 N–H and O–H groups in total. The van der Waals surface area contributed by atoms with Crippen LogP contribution in [-0.4, -0.2) is 164 Å². The molecule has 3 aliphatic heterocycles. The highest BCUT2D eigenvalue weighted by atomic mass is 16.8. The van der Waals surface area contributed by atoms with E-state index in [0.29, 0.717) is 25.7 Å². The molecule has 0 radical (unpaired) electrons. The third kappa shape index (κ3) is 7.34. The molecule has 0 amide bonds. The van der Waals surface area contributed by atoms with Crippen molar-refractivity contribution >= 4 is 11.8 Å². The van der Waals surface area contributed by atoms with E-state index in [0.717, 1.165) is 51.0 Å². The van der Waals surface area contributed by atoms with Crippen LogP contribution in [0.4, 0.5) is 0 Å². The van der Waals surface area contributed by atoms with E-state index in [9.17, 15) is 55.5 Å². The first-order valence-corrected chi connectivity index (χ1v) is 22.9. The Hall–Kier alpha value is -1.94. The Morgan fingerprint density at radius 1 is 0.762 bits per heavy atom. The van der Waals surface area contributed by atoms with Gasteiger partial charge in [-0.3, -0.25) is 9.59 Å². The second kappa shape index (κ2) is 17.0. The van der Waals surface area contributed by atoms with Crippen molar-refractivity contribution in [3.05, 3.63) is 23.8 Å². The van der Waals surface area contributed by atoms with Gasteiger partial charge in [-0.2, -0.15) is 0 Å². The largest absolute Gasteiger partial charge is 0.481 e. The maximum absolute atomic E-state index is 13.0. The van der Waals surface area contributed by atoms with Crippen LogP contribution >= 0.6 is 0 Å². The molecular weight excluding hydrogens is 824 g/mol. The molecule has 5 aliphatic carbocycles. The summed E-state index contributed by atoms with van der Waals surface area (Å²) in [6.07, 6.45) is -12.4. The van der Waals surface area contributed by atoms with Crippen LogP contribution in [0.2, 0.25) is 0 Å². The van der Waals surface area contributed by atoms with Gasteiger partial charge in [-0.05, 0) is 99.2 Å². The number of carboxylic acid groups (broad SMARTS) is 1. The van der Waals surface area contributed by atoms with E-state index in [1.54, 1.807) is 0 Å². The van der Waals surface area contributed by atoms with Crippen molar-refractivity contribution in [1.82, 2.24) is 0 Å². The molecule has 0 bridgehead atoms. The zero-order valence-electron chi connectivity index (χ0n) is 37.1. The number of allylic oxidation sites excluding steroid dienone is 3. The Morgan fingerprint density at radius 3 is 2.11 bits per heavy atom. The SMILES string of the molecule is C=C1CCC2(C(=O)O)CCC3(C)C(=CCC4C5(C)CCC(OC6OCC(O)C(OC7OC(C(C)=O)C(O)C(O)C7O)C6OC6OCC(O)C(O)C6O)C(C)(CO)C5CCC43C)C2C1. The summed E-state index contributed by atoms with van der Waals surface area (Å²) in [5, 5.41) is 97.2. The van der Waals surface area contributed by atoms with Crippen LogP contribution in [0, 0.1) is 44.8 Å². The molecule has 8 aliphatic rings. The Kier molecular flexibility index (Phi) is 12.8. The molecule has 22 unspecified atom stereocenters. The zero-order valence-corrected chi connectivity index (χ0v) is 37.1. The summed E-state index contributed by atoms with van der Waals surface area (Å²) in [6, 6.07) is 0. The van der Waals surface area contributed by atoms with E-state index in [1.165, 1.54) is 5.57 Å². The molecule has 63 heavy (non-hydrogen) atoms. The van der Waals surface area contributed by atoms with Crippen molar-refractivity contribution < 1.29 is 84.0 Å². The van der Waals surface area contributed by atoms with E-state index < -0.39 is 115 Å². The number of carboxylic acids is 1. The van der Waals surface area contributed by atoms with Crippen molar-refractivity contribution in [2.24, 2.45) is 44.8 Å². The molecule has 0 aromatic carbocycles. The van der Waals surface area contributed by atoms with E-state index in [1.807, 2.05) is 6.92 Å². The van der Waals surface area contributed by atoms with Crippen molar-refractivity contribution in [3.8, 4) is 0 Å². The number of fused-ring (bicyclic) bond motifs is 7. The lowest BCUT2D eigenvalue weighted by molar-refractivity contribution is -0.382. The molecule has 356 valence electrons. The van der Waals surface area contributed by atoms with E-state index in [2.05, 4.69) is 33.4 Å². The van der Waals surface area contributed by atoms with Crippen LogP contribution < -0.4 is 0 Å². The fraction of sp³-hybridized carbons (Fsp3) is 0.870. The second-order valence-electron chi connectivity index (χ2n) is 21.3. The predicted molar refractivity (Wildman–Crippen MR) is 219 cm³/mol. The molecule has 8 rings (SSSR count). The van der Waals surface area contributed by atoms with E-state index >= 15 is 0 Å². The third-order valence-corrected chi connectivity index (χ3v) is 18.3. The molecular formula is C46H70O17. The summed E-state index contributed by atoms with van der Waals surface area (Å²) in [4.78, 5) is 25.4. The average molecular weight is 895 g/mol. The second-order valence-corrected chi connectivity index (χ2v) is 21.3. The summed E-state index contributed by atoms with van der Waals surface area (Å²) in [6.45, 7) is 13.5. The summed E-state index contributed by atoms with van der Waals surface area (Å²) >= 11 is 0. The van der Waals surface area contributed by atoms with Crippen molar-refractivity contribution in [2.45, 2.75) is 185 Å². The molecule has 0 aromatic rings. The molecule has 22 atom stereocenters.